The molecule has 0 saturated carbocycles. The summed E-state index contributed by atoms with van der Waals surface area (Å²) in [6.07, 6.45) is 1.40. The third-order valence-electron chi connectivity index (χ3n) is 19.5. The summed E-state index contributed by atoms with van der Waals surface area (Å²) in [6.45, 7) is 6.22. The van der Waals surface area contributed by atoms with E-state index in [0.29, 0.717) is 132 Å². The average Bonchev–Trinajstić information content (AvgIpc) is 0.835. The third kappa shape index (κ3) is 40.2. The molecule has 0 aliphatic carbocycles. The summed E-state index contributed by atoms with van der Waals surface area (Å²) in [5, 5.41) is 53.6. The number of carbonyl (C=O) groups excluding carboxylic acids is 2. The Morgan fingerprint density at radius 3 is 0.766 bits per heavy atom. The molecule has 0 saturated heterocycles. The van der Waals surface area contributed by atoms with Crippen molar-refractivity contribution in [3.63, 3.8) is 0 Å². The highest BCUT2D eigenvalue weighted by atomic mass is 79.9. The lowest BCUT2D eigenvalue weighted by molar-refractivity contribution is 0.111. The Labute approximate surface area is 841 Å². The molecule has 0 fully saturated rings. The summed E-state index contributed by atoms with van der Waals surface area (Å²) in [5.41, 5.74) is 8.61. The summed E-state index contributed by atoms with van der Waals surface area (Å²) >= 11 is 6.60. The lowest BCUT2D eigenvalue weighted by Gasteiger charge is -2.14. The van der Waals surface area contributed by atoms with Crippen molar-refractivity contribution in [1.29, 1.82) is 0 Å². The molecule has 0 atom stereocenters. The number of aromatic hydroxyl groups is 6. The monoisotopic (exact) mass is 2050 g/mol. The second-order valence-electron chi connectivity index (χ2n) is 29.2. The van der Waals surface area contributed by atoms with Gasteiger partial charge in [0.1, 0.15) is 132 Å². The van der Waals surface area contributed by atoms with Gasteiger partial charge >= 0.3 is 0 Å². The van der Waals surface area contributed by atoms with Crippen LogP contribution in [-0.4, -0.2) is 129 Å². The van der Waals surface area contributed by atoms with Gasteiger partial charge in [-0.15, -0.1) is 0 Å². The van der Waals surface area contributed by atoms with E-state index in [1.165, 1.54) is 18.2 Å². The minimum Gasteiger partial charge on any atom is -0.508 e. The van der Waals surface area contributed by atoms with Gasteiger partial charge in [0.05, 0.1) is 105 Å². The van der Waals surface area contributed by atoms with Gasteiger partial charge in [-0.2, -0.15) is 0 Å². The fourth-order valence-corrected chi connectivity index (χ4v) is 12.7. The third-order valence-corrected chi connectivity index (χ3v) is 20.8. The molecule has 6 N–H and O–H groups in total. The smallest absolute Gasteiger partial charge is 0.161 e. The van der Waals surface area contributed by atoms with E-state index < -0.39 is 0 Å². The zero-order valence-corrected chi connectivity index (χ0v) is 83.4. The first-order valence-corrected chi connectivity index (χ1v) is 44.6. The molecule has 0 bridgehead atoms. The Balaban J connectivity index is 0.000000251. The highest BCUT2D eigenvalue weighted by Crippen LogP contribution is 2.36. The topological polar surface area (TPSA) is 322 Å². The van der Waals surface area contributed by atoms with Crippen LogP contribution in [0.4, 0.5) is 0 Å². The molecule has 0 aromatic heterocycles. The van der Waals surface area contributed by atoms with Crippen LogP contribution < -0.4 is 85.3 Å². The lowest BCUT2D eigenvalue weighted by Crippen LogP contribution is -2.01. The van der Waals surface area contributed by atoms with Crippen molar-refractivity contribution in [2.24, 2.45) is 0 Å². The second-order valence-corrected chi connectivity index (χ2v) is 30.9. The molecule has 0 radical (unpaired) electrons. The molecule has 15 rings (SSSR count). The van der Waals surface area contributed by atoms with Crippen molar-refractivity contribution in [1.82, 2.24) is 0 Å². The molecule has 0 amide bonds. The van der Waals surface area contributed by atoms with Gasteiger partial charge in [0.2, 0.25) is 0 Å². The number of methoxy groups -OCH3 is 12. The van der Waals surface area contributed by atoms with Crippen LogP contribution in [0.3, 0.4) is 0 Å². The average molecular weight is 2050 g/mol. The molecular formula is C113H120Br2O26. The van der Waals surface area contributed by atoms with Gasteiger partial charge in [0.15, 0.2) is 58.6 Å². The Hall–Kier alpha value is -16.2. The molecule has 141 heavy (non-hydrogen) atoms. The highest BCUT2D eigenvalue weighted by Gasteiger charge is 2.14. The zero-order valence-electron chi connectivity index (χ0n) is 80.2. The maximum absolute atomic E-state index is 10.9. The van der Waals surface area contributed by atoms with Crippen LogP contribution in [0.15, 0.2) is 337 Å². The van der Waals surface area contributed by atoms with E-state index in [1.54, 1.807) is 195 Å². The molecule has 0 aliphatic rings. The van der Waals surface area contributed by atoms with Crippen LogP contribution in [0.2, 0.25) is 0 Å². The number of hydrogen-bond donors (Lipinski definition) is 6. The van der Waals surface area contributed by atoms with Gasteiger partial charge < -0.3 is 116 Å². The first kappa shape index (κ1) is 114. The van der Waals surface area contributed by atoms with Crippen molar-refractivity contribution in [2.75, 3.05) is 85.3 Å². The Bertz CT molecular complexity index is 5740. The van der Waals surface area contributed by atoms with E-state index in [4.69, 9.17) is 111 Å². The normalized spacial score (nSPS) is 9.76. The number of ether oxygens (including phenoxy) is 18. The second kappa shape index (κ2) is 63.3. The predicted molar refractivity (Wildman–Crippen MR) is 554 cm³/mol. The quantitative estimate of drug-likeness (QED) is 0.0168. The highest BCUT2D eigenvalue weighted by molar-refractivity contribution is 9.11. The molecule has 15 aromatic carbocycles. The molecule has 0 unspecified atom stereocenters. The molecular weight excluding hydrogens is 1930 g/mol. The van der Waals surface area contributed by atoms with E-state index >= 15 is 0 Å². The van der Waals surface area contributed by atoms with Crippen molar-refractivity contribution >= 4 is 44.4 Å². The van der Waals surface area contributed by atoms with E-state index in [-0.39, 0.29) is 36.2 Å². The van der Waals surface area contributed by atoms with E-state index in [9.17, 15) is 14.7 Å². The van der Waals surface area contributed by atoms with E-state index in [1.807, 2.05) is 214 Å². The number of carbonyl (C=O) groups is 2. The van der Waals surface area contributed by atoms with Crippen molar-refractivity contribution in [2.45, 2.75) is 60.9 Å². The van der Waals surface area contributed by atoms with Crippen molar-refractivity contribution < 1.29 is 125 Å². The van der Waals surface area contributed by atoms with Gasteiger partial charge in [-0.05, 0) is 260 Å². The predicted octanol–water partition coefficient (Wildman–Crippen LogP) is 25.4. The standard InChI is InChI=1S/C24H26O6.C16H16O4.C16H18O3.C15H15BrO3.C15H16O4.C7H6O2.C7H8O.C6H5BrO.C6H6O2.CH4/c1-25-19-11-18(12-20(14-19)26-2)16-30-23-8-6-5-7-22(23)29-15-17-9-10-21(27-3)24(13-17)28-4;1-18-14-7-12(8-15(9-14)19-2)11-20-16-6-4-3-5-13(16)10-17;1-12-6-4-5-7-16(12)19-11-13-8-14(17-2)10-15(9-13)18-3;2*1-17-12-7-11(8-13(9-12)18-2)10-19-15-6-4-3-5-14(15)16;8-5-6-3-1-2-4-7(6)9;1-6-4-2-3-5-7(6)8;2*7-5-3-1-2-4-6(5)8;/h5-14H,15-16H2,1-4H3;3-10H,11H2,1-2H3;4-10H,11H2,1-3H3;3-9H,10H2,1-2H3;3-9,16H,10H2,1-2H3;1-5,9H;2-5,8H,1H3;1-4,8H;1-4,7-8H;1H4. The largest absolute Gasteiger partial charge is 0.508 e. The van der Waals surface area contributed by atoms with Gasteiger partial charge in [0.25, 0.3) is 0 Å². The Morgan fingerprint density at radius 1 is 0.206 bits per heavy atom. The number of benzene rings is 15. The van der Waals surface area contributed by atoms with E-state index in [0.717, 1.165) is 94.2 Å². The minimum atomic E-state index is -0.0764. The maximum Gasteiger partial charge on any atom is 0.161 e. The molecule has 28 heteroatoms. The van der Waals surface area contributed by atoms with Crippen molar-refractivity contribution in [3.8, 4) is 138 Å². The summed E-state index contributed by atoms with van der Waals surface area (Å²) in [6, 6.07) is 97.9. The number of aryl methyl sites for hydroxylation is 2. The first-order valence-electron chi connectivity index (χ1n) is 43.0. The summed E-state index contributed by atoms with van der Waals surface area (Å²) in [4.78, 5) is 21.0. The van der Waals surface area contributed by atoms with Gasteiger partial charge in [0, 0.05) is 30.3 Å². The van der Waals surface area contributed by atoms with Crippen LogP contribution in [0, 0.1) is 13.8 Å². The van der Waals surface area contributed by atoms with Gasteiger partial charge in [-0.25, -0.2) is 0 Å². The zero-order chi connectivity index (χ0) is 101. The summed E-state index contributed by atoms with van der Waals surface area (Å²) in [7, 11) is 19.4. The summed E-state index contributed by atoms with van der Waals surface area (Å²) < 4.78 is 99.5. The van der Waals surface area contributed by atoms with Crippen LogP contribution in [0.5, 0.6) is 138 Å². The van der Waals surface area contributed by atoms with E-state index in [2.05, 4.69) is 31.9 Å². The Kier molecular flexibility index (Phi) is 50.9. The lowest BCUT2D eigenvalue weighted by atomic mass is 10.2. The molecule has 26 nitrogen and oxygen atoms in total. The van der Waals surface area contributed by atoms with Crippen molar-refractivity contribution in [3.05, 3.63) is 392 Å². The molecule has 0 aliphatic heterocycles. The molecule has 742 valence electrons. The molecule has 0 spiro atoms. The number of hydrogen-bond acceptors (Lipinski definition) is 26. The SMILES string of the molecule is C.COc1cc(COc2ccccc2Br)cc(OC)c1.COc1cc(COc2ccccc2C)cc(OC)c1.COc1cc(COc2ccccc2C=O)cc(OC)c1.COc1cc(COc2ccccc2O)cc(OC)c1.COc1cc(COc2ccccc2OCc2ccc(OC)c(OC)c2)cc(OC)c1.Cc1ccccc1O.O=Cc1ccccc1O.Oc1ccccc1Br.Oc1ccccc1O. The number of rotatable bonds is 32. The molecule has 0 heterocycles. The fraction of sp³-hybridized carbons (Fsp3) is 0.186. The number of phenols is 6. The van der Waals surface area contributed by atoms with Crippen LogP contribution in [0.25, 0.3) is 0 Å². The van der Waals surface area contributed by atoms with Gasteiger partial charge in [-0.1, -0.05) is 135 Å². The minimum absolute atomic E-state index is 0. The maximum atomic E-state index is 10.9. The number of aldehydes is 2. The molecule has 15 aromatic rings. The number of para-hydroxylation sites is 12. The Morgan fingerprint density at radius 2 is 0.468 bits per heavy atom. The number of phenolic OH excluding ortho intramolecular Hbond substituents is 6. The fourth-order valence-electron chi connectivity index (χ4n) is 12.0. The van der Waals surface area contributed by atoms with Crippen LogP contribution in [0.1, 0.15) is 72.7 Å². The summed E-state index contributed by atoms with van der Waals surface area (Å²) in [5.74, 6) is 13.3. The van der Waals surface area contributed by atoms with Crippen LogP contribution >= 0.6 is 31.9 Å². The number of halogens is 2. The van der Waals surface area contributed by atoms with Crippen LogP contribution in [-0.2, 0) is 39.6 Å². The first-order chi connectivity index (χ1) is 67.8. The van der Waals surface area contributed by atoms with Gasteiger partial charge in [-0.3, -0.25) is 9.59 Å².